The van der Waals surface area contributed by atoms with Crippen LogP contribution in [-0.2, 0) is 0 Å². The number of nitriles is 1. The molecule has 1 aliphatic rings. The van der Waals surface area contributed by atoms with E-state index in [0.717, 1.165) is 47.6 Å². The summed E-state index contributed by atoms with van der Waals surface area (Å²) in [7, 11) is 0. The minimum absolute atomic E-state index is 0.0232. The number of ether oxygens (including phenoxy) is 1. The maximum absolute atomic E-state index is 9.14. The van der Waals surface area contributed by atoms with Crippen LogP contribution in [-0.4, -0.2) is 6.10 Å². The van der Waals surface area contributed by atoms with Gasteiger partial charge in [-0.15, -0.1) is 0 Å². The Morgan fingerprint density at radius 1 is 1.22 bits per heavy atom. The first kappa shape index (κ1) is 13.2. The van der Waals surface area contributed by atoms with Crippen molar-refractivity contribution >= 4 is 11.6 Å². The van der Waals surface area contributed by atoms with Gasteiger partial charge >= 0.3 is 0 Å². The largest absolute Gasteiger partial charge is 0.489 e. The van der Waals surface area contributed by atoms with Crippen LogP contribution in [0, 0.1) is 31.1 Å². The molecular formula is C15H18ClNO. The Hall–Kier alpha value is -1.20. The summed E-state index contributed by atoms with van der Waals surface area (Å²) in [5.74, 6) is 0.858. The van der Waals surface area contributed by atoms with E-state index in [2.05, 4.69) is 6.07 Å². The summed E-state index contributed by atoms with van der Waals surface area (Å²) in [6.07, 6.45) is 4.24. The van der Waals surface area contributed by atoms with Gasteiger partial charge in [0.1, 0.15) is 11.9 Å². The lowest BCUT2D eigenvalue weighted by molar-refractivity contribution is 0.120. The van der Waals surface area contributed by atoms with Gasteiger partial charge in [0.25, 0.3) is 0 Å². The molecule has 1 aliphatic carbocycles. The van der Waals surface area contributed by atoms with E-state index >= 15 is 0 Å². The quantitative estimate of drug-likeness (QED) is 0.791. The average molecular weight is 264 g/mol. The van der Waals surface area contributed by atoms with Gasteiger partial charge in [-0.3, -0.25) is 0 Å². The van der Waals surface area contributed by atoms with Crippen LogP contribution in [0.5, 0.6) is 5.75 Å². The summed E-state index contributed by atoms with van der Waals surface area (Å²) >= 11 is 6.14. The molecule has 2 atom stereocenters. The first-order valence-electron chi connectivity index (χ1n) is 6.45. The maximum atomic E-state index is 9.14. The first-order valence-corrected chi connectivity index (χ1v) is 6.82. The van der Waals surface area contributed by atoms with Crippen molar-refractivity contribution in [1.82, 2.24) is 0 Å². The van der Waals surface area contributed by atoms with Gasteiger partial charge in [0.05, 0.1) is 12.0 Å². The minimum Gasteiger partial charge on any atom is -0.489 e. The zero-order chi connectivity index (χ0) is 13.1. The molecule has 1 aromatic carbocycles. The molecule has 1 aromatic rings. The average Bonchev–Trinajstić information content (AvgIpc) is 2.36. The van der Waals surface area contributed by atoms with Crippen molar-refractivity contribution in [2.75, 3.05) is 0 Å². The van der Waals surface area contributed by atoms with Gasteiger partial charge < -0.3 is 4.74 Å². The normalized spacial score (nSPS) is 23.4. The van der Waals surface area contributed by atoms with Crippen molar-refractivity contribution in [3.05, 3.63) is 28.3 Å². The highest BCUT2D eigenvalue weighted by Gasteiger charge is 2.26. The third-order valence-corrected chi connectivity index (χ3v) is 4.16. The first-order chi connectivity index (χ1) is 8.61. The molecule has 2 unspecified atom stereocenters. The number of hydrogen-bond donors (Lipinski definition) is 0. The van der Waals surface area contributed by atoms with Gasteiger partial charge in [-0.1, -0.05) is 18.0 Å². The van der Waals surface area contributed by atoms with Crippen molar-refractivity contribution in [2.45, 2.75) is 45.6 Å². The molecule has 0 heterocycles. The molecule has 0 bridgehead atoms. The van der Waals surface area contributed by atoms with Gasteiger partial charge in [0, 0.05) is 5.02 Å². The maximum Gasteiger partial charge on any atom is 0.120 e. The second-order valence-corrected chi connectivity index (χ2v) is 5.43. The molecule has 96 valence electrons. The second kappa shape index (κ2) is 5.63. The molecule has 0 amide bonds. The zero-order valence-corrected chi connectivity index (χ0v) is 11.6. The summed E-state index contributed by atoms with van der Waals surface area (Å²) < 4.78 is 5.99. The number of aryl methyl sites for hydroxylation is 2. The number of nitrogens with zero attached hydrogens (tertiary/aromatic N) is 1. The lowest BCUT2D eigenvalue weighted by Gasteiger charge is -2.27. The number of hydrogen-bond acceptors (Lipinski definition) is 2. The molecule has 0 aromatic heterocycles. The fourth-order valence-corrected chi connectivity index (χ4v) is 2.64. The van der Waals surface area contributed by atoms with E-state index in [1.54, 1.807) is 0 Å². The predicted octanol–water partition coefficient (Wildman–Crippen LogP) is 4.42. The number of benzene rings is 1. The van der Waals surface area contributed by atoms with Crippen LogP contribution in [0.3, 0.4) is 0 Å². The van der Waals surface area contributed by atoms with Crippen LogP contribution < -0.4 is 4.74 Å². The highest BCUT2D eigenvalue weighted by molar-refractivity contribution is 6.32. The molecule has 0 N–H and O–H groups in total. The highest BCUT2D eigenvalue weighted by atomic mass is 35.5. The lowest BCUT2D eigenvalue weighted by atomic mass is 9.87. The number of halogens is 1. The van der Waals surface area contributed by atoms with Gasteiger partial charge in [0.15, 0.2) is 0 Å². The minimum atomic E-state index is 0.0232. The van der Waals surface area contributed by atoms with E-state index < -0.39 is 0 Å². The molecule has 2 rings (SSSR count). The Labute approximate surface area is 114 Å². The van der Waals surface area contributed by atoms with Gasteiger partial charge in [-0.25, -0.2) is 0 Å². The third kappa shape index (κ3) is 2.79. The van der Waals surface area contributed by atoms with Crippen molar-refractivity contribution in [2.24, 2.45) is 5.92 Å². The Balaban J connectivity index is 2.16. The Bertz CT molecular complexity index is 455. The standard InChI is InChI=1S/C15H18ClNO/c1-10-7-13(8-11(2)15(10)16)18-14-6-4-3-5-12(14)9-17/h7-8,12,14H,3-6H2,1-2H3. The fourth-order valence-electron chi connectivity index (χ4n) is 2.53. The van der Waals surface area contributed by atoms with E-state index in [1.807, 2.05) is 26.0 Å². The Morgan fingerprint density at radius 2 is 1.83 bits per heavy atom. The van der Waals surface area contributed by atoms with Gasteiger partial charge in [0.2, 0.25) is 0 Å². The second-order valence-electron chi connectivity index (χ2n) is 5.05. The van der Waals surface area contributed by atoms with Crippen molar-refractivity contribution in [1.29, 1.82) is 5.26 Å². The summed E-state index contributed by atoms with van der Waals surface area (Å²) in [4.78, 5) is 0. The van der Waals surface area contributed by atoms with E-state index in [4.69, 9.17) is 21.6 Å². The van der Waals surface area contributed by atoms with Crippen molar-refractivity contribution < 1.29 is 4.74 Å². The van der Waals surface area contributed by atoms with E-state index in [0.29, 0.717) is 0 Å². The molecule has 0 aliphatic heterocycles. The molecule has 2 nitrogen and oxygen atoms in total. The Kier molecular flexibility index (Phi) is 4.14. The summed E-state index contributed by atoms with van der Waals surface area (Å²) in [5, 5.41) is 9.94. The van der Waals surface area contributed by atoms with Crippen LogP contribution in [0.15, 0.2) is 12.1 Å². The zero-order valence-electron chi connectivity index (χ0n) is 10.9. The molecular weight excluding hydrogens is 246 g/mol. The topological polar surface area (TPSA) is 33.0 Å². The molecule has 3 heteroatoms. The monoisotopic (exact) mass is 263 g/mol. The van der Waals surface area contributed by atoms with E-state index in [9.17, 15) is 0 Å². The van der Waals surface area contributed by atoms with Crippen LogP contribution in [0.25, 0.3) is 0 Å². The molecule has 1 saturated carbocycles. The summed E-state index contributed by atoms with van der Waals surface area (Å²) in [6, 6.07) is 6.28. The number of rotatable bonds is 2. The summed E-state index contributed by atoms with van der Waals surface area (Å²) in [6.45, 7) is 3.95. The van der Waals surface area contributed by atoms with Crippen LogP contribution in [0.1, 0.15) is 36.8 Å². The van der Waals surface area contributed by atoms with Gasteiger partial charge in [-0.05, 0) is 56.4 Å². The molecule has 0 saturated heterocycles. The Morgan fingerprint density at radius 3 is 2.44 bits per heavy atom. The molecule has 0 radical (unpaired) electrons. The van der Waals surface area contributed by atoms with Crippen LogP contribution in [0.2, 0.25) is 5.02 Å². The van der Waals surface area contributed by atoms with E-state index in [-0.39, 0.29) is 12.0 Å². The SMILES string of the molecule is Cc1cc(OC2CCCCC2C#N)cc(C)c1Cl. The van der Waals surface area contributed by atoms with Crippen molar-refractivity contribution in [3.8, 4) is 11.8 Å². The molecule has 18 heavy (non-hydrogen) atoms. The smallest absolute Gasteiger partial charge is 0.120 e. The summed E-state index contributed by atoms with van der Waals surface area (Å²) in [5.41, 5.74) is 2.05. The van der Waals surface area contributed by atoms with Gasteiger partial charge in [-0.2, -0.15) is 5.26 Å². The lowest BCUT2D eigenvalue weighted by Crippen LogP contribution is -2.29. The van der Waals surface area contributed by atoms with E-state index in [1.165, 1.54) is 0 Å². The predicted molar refractivity (Wildman–Crippen MR) is 72.9 cm³/mol. The van der Waals surface area contributed by atoms with Crippen LogP contribution in [0.4, 0.5) is 0 Å². The van der Waals surface area contributed by atoms with Crippen molar-refractivity contribution in [3.63, 3.8) is 0 Å². The third-order valence-electron chi connectivity index (χ3n) is 3.57. The van der Waals surface area contributed by atoms with Crippen LogP contribution >= 0.6 is 11.6 Å². The fraction of sp³-hybridized carbons (Fsp3) is 0.533. The highest BCUT2D eigenvalue weighted by Crippen LogP contribution is 2.31. The molecule has 1 fully saturated rings. The molecule has 0 spiro atoms.